The van der Waals surface area contributed by atoms with Crippen LogP contribution in [0.5, 0.6) is 11.5 Å². The van der Waals surface area contributed by atoms with Gasteiger partial charge in [0.05, 0.1) is 7.11 Å². The number of benzene rings is 2. The number of rotatable bonds is 7. The number of hydrogen-bond acceptors (Lipinski definition) is 4. The van der Waals surface area contributed by atoms with Crippen LogP contribution in [0.1, 0.15) is 20.3 Å². The minimum atomic E-state index is -0.642. The molecule has 0 radical (unpaired) electrons. The zero-order chi connectivity index (χ0) is 18.2. The minimum Gasteiger partial charge on any atom is -0.497 e. The van der Waals surface area contributed by atoms with Crippen LogP contribution in [0.2, 0.25) is 0 Å². The van der Waals surface area contributed by atoms with Crippen molar-refractivity contribution in [1.82, 2.24) is 0 Å². The van der Waals surface area contributed by atoms with Crippen LogP contribution in [-0.2, 0) is 9.59 Å². The Morgan fingerprint density at radius 3 is 2.28 bits per heavy atom. The van der Waals surface area contributed by atoms with Gasteiger partial charge in [0, 0.05) is 24.4 Å². The third kappa shape index (κ3) is 5.53. The standard InChI is InChI=1S/C19H22N2O4/c1-4-18(25-17-10-6-9-16(12-17)24-3)19(23)21-15-8-5-7-14(11-15)20-13(2)22/h5-12,18H,4H2,1-3H3,(H,20,22)(H,21,23). The Balaban J connectivity index is 2.05. The van der Waals surface area contributed by atoms with E-state index < -0.39 is 6.10 Å². The first kappa shape index (κ1) is 18.3. The van der Waals surface area contributed by atoms with E-state index in [1.54, 1.807) is 55.6 Å². The highest BCUT2D eigenvalue weighted by Crippen LogP contribution is 2.21. The van der Waals surface area contributed by atoms with E-state index in [2.05, 4.69) is 10.6 Å². The Hall–Kier alpha value is -3.02. The van der Waals surface area contributed by atoms with Crippen LogP contribution in [0.15, 0.2) is 48.5 Å². The summed E-state index contributed by atoms with van der Waals surface area (Å²) in [6, 6.07) is 14.1. The molecule has 132 valence electrons. The van der Waals surface area contributed by atoms with Crippen molar-refractivity contribution in [3.05, 3.63) is 48.5 Å². The molecule has 0 heterocycles. The fourth-order valence-electron chi connectivity index (χ4n) is 2.26. The number of carbonyl (C=O) groups is 2. The van der Waals surface area contributed by atoms with Gasteiger partial charge in [-0.05, 0) is 36.8 Å². The Morgan fingerprint density at radius 1 is 1.00 bits per heavy atom. The Kier molecular flexibility index (Phi) is 6.39. The summed E-state index contributed by atoms with van der Waals surface area (Å²) in [4.78, 5) is 23.6. The van der Waals surface area contributed by atoms with Crippen LogP contribution < -0.4 is 20.1 Å². The van der Waals surface area contributed by atoms with Gasteiger partial charge >= 0.3 is 0 Å². The lowest BCUT2D eigenvalue weighted by Gasteiger charge is -2.18. The largest absolute Gasteiger partial charge is 0.497 e. The highest BCUT2D eigenvalue weighted by atomic mass is 16.5. The van der Waals surface area contributed by atoms with Gasteiger partial charge in [-0.2, -0.15) is 0 Å². The second-order valence-corrected chi connectivity index (χ2v) is 5.44. The smallest absolute Gasteiger partial charge is 0.265 e. The molecule has 2 aromatic rings. The van der Waals surface area contributed by atoms with Crippen molar-refractivity contribution in [3.63, 3.8) is 0 Å². The summed E-state index contributed by atoms with van der Waals surface area (Å²) >= 11 is 0. The van der Waals surface area contributed by atoms with Crippen LogP contribution in [0.25, 0.3) is 0 Å². The molecular weight excluding hydrogens is 320 g/mol. The number of hydrogen-bond donors (Lipinski definition) is 2. The van der Waals surface area contributed by atoms with E-state index in [0.29, 0.717) is 29.3 Å². The van der Waals surface area contributed by atoms with Crippen molar-refractivity contribution in [1.29, 1.82) is 0 Å². The number of carbonyl (C=O) groups excluding carboxylic acids is 2. The second kappa shape index (κ2) is 8.73. The molecule has 0 fully saturated rings. The van der Waals surface area contributed by atoms with Crippen molar-refractivity contribution in [2.45, 2.75) is 26.4 Å². The number of ether oxygens (including phenoxy) is 2. The van der Waals surface area contributed by atoms with E-state index in [-0.39, 0.29) is 11.8 Å². The third-order valence-corrected chi connectivity index (χ3v) is 3.43. The summed E-state index contributed by atoms with van der Waals surface area (Å²) in [7, 11) is 1.57. The van der Waals surface area contributed by atoms with Gasteiger partial charge in [0.1, 0.15) is 11.5 Å². The average molecular weight is 342 g/mol. The van der Waals surface area contributed by atoms with Gasteiger partial charge in [-0.3, -0.25) is 9.59 Å². The highest BCUT2D eigenvalue weighted by molar-refractivity contribution is 5.95. The molecule has 2 rings (SSSR count). The van der Waals surface area contributed by atoms with Crippen molar-refractivity contribution >= 4 is 23.2 Å². The highest BCUT2D eigenvalue weighted by Gasteiger charge is 2.19. The molecule has 2 aromatic carbocycles. The second-order valence-electron chi connectivity index (χ2n) is 5.44. The number of nitrogens with one attached hydrogen (secondary N) is 2. The zero-order valence-corrected chi connectivity index (χ0v) is 14.5. The summed E-state index contributed by atoms with van der Waals surface area (Å²) < 4.78 is 10.9. The van der Waals surface area contributed by atoms with E-state index in [0.717, 1.165) is 0 Å². The normalized spacial score (nSPS) is 11.3. The molecule has 0 aliphatic heterocycles. The van der Waals surface area contributed by atoms with Crippen molar-refractivity contribution < 1.29 is 19.1 Å². The van der Waals surface area contributed by atoms with Gasteiger partial charge in [0.25, 0.3) is 5.91 Å². The molecule has 0 saturated heterocycles. The predicted molar refractivity (Wildman–Crippen MR) is 97.1 cm³/mol. The molecule has 1 unspecified atom stereocenters. The van der Waals surface area contributed by atoms with E-state index >= 15 is 0 Å². The van der Waals surface area contributed by atoms with Crippen LogP contribution in [-0.4, -0.2) is 25.0 Å². The zero-order valence-electron chi connectivity index (χ0n) is 14.5. The average Bonchev–Trinajstić information content (AvgIpc) is 2.59. The Labute approximate surface area is 147 Å². The van der Waals surface area contributed by atoms with Gasteiger partial charge in [-0.1, -0.05) is 19.1 Å². The quantitative estimate of drug-likeness (QED) is 0.808. The molecule has 1 atom stereocenters. The first-order valence-electron chi connectivity index (χ1n) is 8.01. The summed E-state index contributed by atoms with van der Waals surface area (Å²) in [6.45, 7) is 3.30. The summed E-state index contributed by atoms with van der Waals surface area (Å²) in [5, 5.41) is 5.49. The monoisotopic (exact) mass is 342 g/mol. The van der Waals surface area contributed by atoms with E-state index in [1.165, 1.54) is 6.92 Å². The molecule has 0 aliphatic rings. The molecule has 0 spiro atoms. The molecule has 6 nitrogen and oxygen atoms in total. The lowest BCUT2D eigenvalue weighted by atomic mass is 10.2. The van der Waals surface area contributed by atoms with E-state index in [9.17, 15) is 9.59 Å². The first-order valence-corrected chi connectivity index (χ1v) is 8.01. The first-order chi connectivity index (χ1) is 12.0. The van der Waals surface area contributed by atoms with Gasteiger partial charge in [-0.25, -0.2) is 0 Å². The van der Waals surface area contributed by atoms with Crippen molar-refractivity contribution in [2.24, 2.45) is 0 Å². The molecule has 0 saturated carbocycles. The van der Waals surface area contributed by atoms with Gasteiger partial charge in [-0.15, -0.1) is 0 Å². The lowest BCUT2D eigenvalue weighted by Crippen LogP contribution is -2.32. The minimum absolute atomic E-state index is 0.170. The van der Waals surface area contributed by atoms with Crippen LogP contribution in [0, 0.1) is 0 Å². The Bertz CT molecular complexity index is 746. The van der Waals surface area contributed by atoms with E-state index in [1.807, 2.05) is 6.92 Å². The fraction of sp³-hybridized carbons (Fsp3) is 0.263. The van der Waals surface area contributed by atoms with Gasteiger partial charge in [0.15, 0.2) is 6.10 Å². The van der Waals surface area contributed by atoms with Crippen molar-refractivity contribution in [2.75, 3.05) is 17.7 Å². The van der Waals surface area contributed by atoms with Crippen molar-refractivity contribution in [3.8, 4) is 11.5 Å². The van der Waals surface area contributed by atoms with Crippen LogP contribution in [0.4, 0.5) is 11.4 Å². The molecule has 0 aliphatic carbocycles. The molecule has 0 bridgehead atoms. The number of amides is 2. The van der Waals surface area contributed by atoms with Crippen LogP contribution >= 0.6 is 0 Å². The SMILES string of the molecule is CCC(Oc1cccc(OC)c1)C(=O)Nc1cccc(NC(C)=O)c1. The lowest BCUT2D eigenvalue weighted by molar-refractivity contribution is -0.122. The molecular formula is C19H22N2O4. The predicted octanol–water partition coefficient (Wildman–Crippen LogP) is 3.45. The van der Waals surface area contributed by atoms with Gasteiger partial charge < -0.3 is 20.1 Å². The molecule has 2 amide bonds. The molecule has 2 N–H and O–H groups in total. The maximum absolute atomic E-state index is 12.5. The topological polar surface area (TPSA) is 76.7 Å². The maximum atomic E-state index is 12.5. The molecule has 25 heavy (non-hydrogen) atoms. The maximum Gasteiger partial charge on any atom is 0.265 e. The molecule has 6 heteroatoms. The van der Waals surface area contributed by atoms with E-state index in [4.69, 9.17) is 9.47 Å². The fourth-order valence-corrected chi connectivity index (χ4v) is 2.26. The summed E-state index contributed by atoms with van der Waals surface area (Å²) in [5.41, 5.74) is 1.20. The number of methoxy groups -OCH3 is 1. The number of anilines is 2. The Morgan fingerprint density at radius 2 is 1.64 bits per heavy atom. The molecule has 0 aromatic heterocycles. The summed E-state index contributed by atoms with van der Waals surface area (Å²) in [6.07, 6.45) is -0.134. The summed E-state index contributed by atoms with van der Waals surface area (Å²) in [5.74, 6) is 0.797. The third-order valence-electron chi connectivity index (χ3n) is 3.43. The van der Waals surface area contributed by atoms with Crippen LogP contribution in [0.3, 0.4) is 0 Å². The van der Waals surface area contributed by atoms with Gasteiger partial charge in [0.2, 0.25) is 5.91 Å².